The summed E-state index contributed by atoms with van der Waals surface area (Å²) in [4.78, 5) is 27.4. The zero-order valence-electron chi connectivity index (χ0n) is 18.1. The highest BCUT2D eigenvalue weighted by Crippen LogP contribution is 2.35. The summed E-state index contributed by atoms with van der Waals surface area (Å²) in [5.41, 5.74) is 3.63. The minimum atomic E-state index is -0.406. The first-order valence-electron chi connectivity index (χ1n) is 10.8. The number of fused-ring (bicyclic) bond motifs is 1. The molecule has 1 aliphatic rings. The molecule has 2 N–H and O–H groups in total. The maximum Gasteiger partial charge on any atom is 0.256 e. The van der Waals surface area contributed by atoms with E-state index in [1.165, 1.54) is 12.1 Å². The number of nitrogens with zero attached hydrogens (tertiary/aromatic N) is 1. The summed E-state index contributed by atoms with van der Waals surface area (Å²) in [5, 5.41) is 6.40. The molecular weight excluding hydrogens is 405 g/mol. The predicted octanol–water partition coefficient (Wildman–Crippen LogP) is 5.12. The molecule has 1 heterocycles. The Hall–Kier alpha value is -3.67. The van der Waals surface area contributed by atoms with Gasteiger partial charge in [-0.25, -0.2) is 4.39 Å². The van der Waals surface area contributed by atoms with Crippen LogP contribution in [-0.4, -0.2) is 22.8 Å². The van der Waals surface area contributed by atoms with Crippen LogP contribution >= 0.6 is 0 Å². The Bertz CT molecular complexity index is 1130. The lowest BCUT2D eigenvalue weighted by molar-refractivity contribution is 0.0728. The molecule has 4 rings (SSSR count). The molecule has 3 aromatic carbocycles. The fourth-order valence-electron chi connectivity index (χ4n) is 3.79. The Labute approximate surface area is 187 Å². The first-order valence-corrected chi connectivity index (χ1v) is 10.8. The highest BCUT2D eigenvalue weighted by atomic mass is 19.1. The Kier molecular flexibility index (Phi) is 6.21. The molecule has 2 amide bonds. The van der Waals surface area contributed by atoms with Gasteiger partial charge in [-0.05, 0) is 55.3 Å². The maximum absolute atomic E-state index is 13.3. The molecular formula is C26H26FN3O2. The first kappa shape index (κ1) is 21.6. The van der Waals surface area contributed by atoms with Crippen LogP contribution in [0.4, 0.5) is 10.1 Å². The number of hydrogen-bond acceptors (Lipinski definition) is 3. The van der Waals surface area contributed by atoms with E-state index >= 15 is 0 Å². The summed E-state index contributed by atoms with van der Waals surface area (Å²) >= 11 is 0. The largest absolute Gasteiger partial charge is 0.361 e. The van der Waals surface area contributed by atoms with E-state index in [4.69, 9.17) is 0 Å². The molecule has 32 heavy (non-hydrogen) atoms. The standard InChI is InChI=1S/C26H26FN3O2/c1-3-17(2)28-25(31)19-7-6-8-21(15-19)29-24-22-9-4-5-10-23(22)26(32)30(24)16-18-11-13-20(27)14-12-18/h4-15,17,24,29H,3,16H2,1-2H3,(H,28,31). The summed E-state index contributed by atoms with van der Waals surface area (Å²) in [6.45, 7) is 4.32. The number of rotatable bonds is 7. The van der Waals surface area contributed by atoms with Gasteiger partial charge in [-0.3, -0.25) is 9.59 Å². The van der Waals surface area contributed by atoms with Gasteiger partial charge >= 0.3 is 0 Å². The molecule has 0 spiro atoms. The zero-order valence-corrected chi connectivity index (χ0v) is 18.1. The first-order chi connectivity index (χ1) is 15.5. The van der Waals surface area contributed by atoms with Crippen molar-refractivity contribution in [2.45, 2.75) is 39.0 Å². The number of carbonyl (C=O) groups is 2. The SMILES string of the molecule is CCC(C)NC(=O)c1cccc(NC2c3ccccc3C(=O)N2Cc2ccc(F)cc2)c1. The van der Waals surface area contributed by atoms with Crippen molar-refractivity contribution in [3.05, 3.63) is 101 Å². The summed E-state index contributed by atoms with van der Waals surface area (Å²) in [7, 11) is 0. The smallest absolute Gasteiger partial charge is 0.256 e. The molecule has 0 radical (unpaired) electrons. The van der Waals surface area contributed by atoms with Crippen LogP contribution in [0.1, 0.15) is 58.3 Å². The fourth-order valence-corrected chi connectivity index (χ4v) is 3.79. The lowest BCUT2D eigenvalue weighted by atomic mass is 10.1. The number of halogens is 1. The van der Waals surface area contributed by atoms with Crippen molar-refractivity contribution in [2.24, 2.45) is 0 Å². The molecule has 164 valence electrons. The molecule has 0 bridgehead atoms. The molecule has 2 unspecified atom stereocenters. The highest BCUT2D eigenvalue weighted by molar-refractivity contribution is 5.99. The van der Waals surface area contributed by atoms with Crippen LogP contribution in [0.3, 0.4) is 0 Å². The number of anilines is 1. The van der Waals surface area contributed by atoms with Gasteiger partial charge in [-0.1, -0.05) is 43.3 Å². The van der Waals surface area contributed by atoms with Gasteiger partial charge in [0.05, 0.1) is 0 Å². The van der Waals surface area contributed by atoms with E-state index in [1.54, 1.807) is 29.2 Å². The Balaban J connectivity index is 1.61. The molecule has 0 aromatic heterocycles. The summed E-state index contributed by atoms with van der Waals surface area (Å²) in [5.74, 6) is -0.533. The van der Waals surface area contributed by atoms with Crippen LogP contribution in [0.2, 0.25) is 0 Å². The Morgan fingerprint density at radius 1 is 1.06 bits per heavy atom. The normalized spacial score (nSPS) is 15.9. The average Bonchev–Trinajstić information content (AvgIpc) is 3.06. The molecule has 0 saturated heterocycles. The van der Waals surface area contributed by atoms with Crippen LogP contribution in [-0.2, 0) is 6.54 Å². The Morgan fingerprint density at radius 3 is 2.56 bits per heavy atom. The van der Waals surface area contributed by atoms with E-state index < -0.39 is 6.17 Å². The third kappa shape index (κ3) is 4.49. The van der Waals surface area contributed by atoms with Gasteiger partial charge in [0.25, 0.3) is 11.8 Å². The van der Waals surface area contributed by atoms with Crippen molar-refractivity contribution >= 4 is 17.5 Å². The van der Waals surface area contributed by atoms with Crippen LogP contribution < -0.4 is 10.6 Å². The monoisotopic (exact) mass is 431 g/mol. The van der Waals surface area contributed by atoms with Crippen molar-refractivity contribution in [1.29, 1.82) is 0 Å². The van der Waals surface area contributed by atoms with Crippen molar-refractivity contribution in [3.8, 4) is 0 Å². The maximum atomic E-state index is 13.3. The zero-order chi connectivity index (χ0) is 22.7. The number of hydrogen-bond donors (Lipinski definition) is 2. The lowest BCUT2D eigenvalue weighted by Crippen LogP contribution is -2.32. The van der Waals surface area contributed by atoms with E-state index in [0.29, 0.717) is 17.7 Å². The molecule has 1 aliphatic heterocycles. The molecule has 0 fully saturated rings. The predicted molar refractivity (Wildman–Crippen MR) is 123 cm³/mol. The van der Waals surface area contributed by atoms with E-state index in [9.17, 15) is 14.0 Å². The summed E-state index contributed by atoms with van der Waals surface area (Å²) < 4.78 is 13.3. The van der Waals surface area contributed by atoms with Gasteiger partial charge in [-0.15, -0.1) is 0 Å². The van der Waals surface area contributed by atoms with Gasteiger partial charge in [-0.2, -0.15) is 0 Å². The van der Waals surface area contributed by atoms with E-state index in [-0.39, 0.29) is 23.7 Å². The second-order valence-corrected chi connectivity index (χ2v) is 8.06. The lowest BCUT2D eigenvalue weighted by Gasteiger charge is -2.27. The molecule has 2 atom stereocenters. The number of nitrogens with one attached hydrogen (secondary N) is 2. The summed E-state index contributed by atoms with van der Waals surface area (Å²) in [6.07, 6.45) is 0.444. The van der Waals surface area contributed by atoms with Crippen molar-refractivity contribution in [1.82, 2.24) is 10.2 Å². The van der Waals surface area contributed by atoms with E-state index in [2.05, 4.69) is 10.6 Å². The van der Waals surface area contributed by atoms with Gasteiger partial charge in [0.1, 0.15) is 12.0 Å². The number of carbonyl (C=O) groups excluding carboxylic acids is 2. The topological polar surface area (TPSA) is 61.4 Å². The minimum absolute atomic E-state index is 0.0876. The number of amides is 2. The van der Waals surface area contributed by atoms with Gasteiger partial charge in [0.15, 0.2) is 0 Å². The molecule has 0 aliphatic carbocycles. The molecule has 0 saturated carbocycles. The van der Waals surface area contributed by atoms with Crippen LogP contribution in [0.5, 0.6) is 0 Å². The van der Waals surface area contributed by atoms with Crippen LogP contribution in [0, 0.1) is 5.82 Å². The van der Waals surface area contributed by atoms with Gasteiger partial charge in [0, 0.05) is 35.0 Å². The van der Waals surface area contributed by atoms with E-state index in [0.717, 1.165) is 23.2 Å². The molecule has 5 nitrogen and oxygen atoms in total. The number of benzene rings is 3. The second kappa shape index (κ2) is 9.22. The quantitative estimate of drug-likeness (QED) is 0.546. The summed E-state index contributed by atoms with van der Waals surface area (Å²) in [6, 6.07) is 21.0. The third-order valence-corrected chi connectivity index (χ3v) is 5.74. The van der Waals surface area contributed by atoms with Crippen LogP contribution in [0.15, 0.2) is 72.8 Å². The molecule has 3 aromatic rings. The van der Waals surface area contributed by atoms with Crippen molar-refractivity contribution in [3.63, 3.8) is 0 Å². The van der Waals surface area contributed by atoms with Gasteiger partial charge < -0.3 is 15.5 Å². The average molecular weight is 432 g/mol. The van der Waals surface area contributed by atoms with Crippen LogP contribution in [0.25, 0.3) is 0 Å². The van der Waals surface area contributed by atoms with Crippen molar-refractivity contribution in [2.75, 3.05) is 5.32 Å². The van der Waals surface area contributed by atoms with E-state index in [1.807, 2.05) is 50.2 Å². The Morgan fingerprint density at radius 2 is 1.81 bits per heavy atom. The molecule has 6 heteroatoms. The van der Waals surface area contributed by atoms with Gasteiger partial charge in [0.2, 0.25) is 0 Å². The minimum Gasteiger partial charge on any atom is -0.361 e. The second-order valence-electron chi connectivity index (χ2n) is 8.06. The fraction of sp³-hybridized carbons (Fsp3) is 0.231. The third-order valence-electron chi connectivity index (χ3n) is 5.74. The van der Waals surface area contributed by atoms with Crippen molar-refractivity contribution < 1.29 is 14.0 Å². The highest BCUT2D eigenvalue weighted by Gasteiger charge is 2.36.